The molecule has 0 radical (unpaired) electrons. The molecule has 0 saturated heterocycles. The van der Waals surface area contributed by atoms with E-state index in [0.717, 1.165) is 107 Å². The number of ether oxygens (including phenoxy) is 4. The summed E-state index contributed by atoms with van der Waals surface area (Å²) in [6.45, 7) is 2.72. The van der Waals surface area contributed by atoms with Crippen LogP contribution in [0, 0.1) is 24.7 Å². The van der Waals surface area contributed by atoms with Crippen molar-refractivity contribution in [3.05, 3.63) is 96.1 Å². The minimum atomic E-state index is 0.665. The fourth-order valence-corrected chi connectivity index (χ4v) is 5.97. The number of fused-ring (bicyclic) bond motifs is 3. The summed E-state index contributed by atoms with van der Waals surface area (Å²) >= 11 is 0. The van der Waals surface area contributed by atoms with Gasteiger partial charge in [0.15, 0.2) is 22.7 Å². The molecule has 5 heteroatoms. The molecule has 0 fully saturated rings. The van der Waals surface area contributed by atoms with Crippen molar-refractivity contribution in [3.63, 3.8) is 0 Å². The van der Waals surface area contributed by atoms with E-state index in [1.165, 1.54) is 25.7 Å². The number of rotatable bonds is 22. The lowest BCUT2D eigenvalue weighted by atomic mass is 10.1. The summed E-state index contributed by atoms with van der Waals surface area (Å²) in [4.78, 5) is 0. The lowest BCUT2D eigenvalue weighted by Crippen LogP contribution is -1.99. The highest BCUT2D eigenvalue weighted by Crippen LogP contribution is 2.38. The molecular weight excluding hydrogens is 608 g/mol. The molecule has 254 valence electrons. The minimum absolute atomic E-state index is 0.665. The van der Waals surface area contributed by atoms with Crippen LogP contribution in [-0.4, -0.2) is 26.4 Å². The van der Waals surface area contributed by atoms with E-state index in [2.05, 4.69) is 24.0 Å². The average Bonchev–Trinajstić information content (AvgIpc) is 3.53. The number of furan rings is 1. The van der Waals surface area contributed by atoms with Gasteiger partial charge in [-0.2, -0.15) is 0 Å². The summed E-state index contributed by atoms with van der Waals surface area (Å²) in [6.07, 6.45) is 24.4. The molecule has 5 rings (SSSR count). The predicted octanol–water partition coefficient (Wildman–Crippen LogP) is 11.1. The van der Waals surface area contributed by atoms with E-state index >= 15 is 0 Å². The number of hydrogen-bond donors (Lipinski definition) is 0. The van der Waals surface area contributed by atoms with E-state index in [1.54, 1.807) is 0 Å². The molecule has 0 atom stereocenters. The first-order valence-electron chi connectivity index (χ1n) is 17.8. The first-order valence-corrected chi connectivity index (χ1v) is 17.8. The van der Waals surface area contributed by atoms with Gasteiger partial charge in [0.2, 0.25) is 0 Å². The number of unbranched alkanes of at least 4 members (excludes halogenated alkanes) is 10. The second kappa shape index (κ2) is 19.7. The molecule has 4 aromatic carbocycles. The summed E-state index contributed by atoms with van der Waals surface area (Å²) < 4.78 is 30.5. The first-order chi connectivity index (χ1) is 24.3. The quantitative estimate of drug-likeness (QED) is 0.0548. The molecule has 0 amide bonds. The molecule has 0 unspecified atom stereocenters. The van der Waals surface area contributed by atoms with Crippen LogP contribution >= 0.6 is 0 Å². The molecule has 5 nitrogen and oxygen atoms in total. The predicted molar refractivity (Wildman–Crippen MR) is 200 cm³/mol. The Morgan fingerprint density at radius 3 is 1.10 bits per heavy atom. The number of hydrogen-bond acceptors (Lipinski definition) is 5. The van der Waals surface area contributed by atoms with Gasteiger partial charge in [-0.1, -0.05) is 112 Å². The molecule has 0 spiro atoms. The molecule has 0 saturated carbocycles. The second-order valence-electron chi connectivity index (χ2n) is 12.3. The zero-order valence-electron chi connectivity index (χ0n) is 28.6. The van der Waals surface area contributed by atoms with Crippen LogP contribution in [0.1, 0.15) is 88.2 Å². The van der Waals surface area contributed by atoms with E-state index in [9.17, 15) is 0 Å². The topological polar surface area (TPSA) is 50.1 Å². The second-order valence-corrected chi connectivity index (χ2v) is 12.3. The van der Waals surface area contributed by atoms with Crippen LogP contribution in [0.4, 0.5) is 0 Å². The summed E-state index contributed by atoms with van der Waals surface area (Å²) in [5.41, 5.74) is 3.19. The van der Waals surface area contributed by atoms with Gasteiger partial charge in [0.05, 0.1) is 37.6 Å². The summed E-state index contributed by atoms with van der Waals surface area (Å²) in [5.74, 6) is 8.52. The maximum Gasteiger partial charge on any atom is 0.177 e. The van der Waals surface area contributed by atoms with Crippen LogP contribution in [0.2, 0.25) is 0 Å². The van der Waals surface area contributed by atoms with Crippen molar-refractivity contribution in [2.75, 3.05) is 26.4 Å². The van der Waals surface area contributed by atoms with Gasteiger partial charge in [-0.15, -0.1) is 12.8 Å². The molecular formula is C44H48O5. The number of terminal acetylenes is 2. The zero-order chi connectivity index (χ0) is 33.9. The third kappa shape index (κ3) is 10.5. The van der Waals surface area contributed by atoms with Gasteiger partial charge in [-0.05, 0) is 62.1 Å². The Bertz CT molecular complexity index is 1690. The highest BCUT2D eigenvalue weighted by Gasteiger charge is 2.15. The Morgan fingerprint density at radius 1 is 0.388 bits per heavy atom. The van der Waals surface area contributed by atoms with Gasteiger partial charge >= 0.3 is 0 Å². The van der Waals surface area contributed by atoms with Crippen LogP contribution < -0.4 is 18.9 Å². The zero-order valence-corrected chi connectivity index (χ0v) is 28.6. The highest BCUT2D eigenvalue weighted by atomic mass is 16.5. The van der Waals surface area contributed by atoms with Gasteiger partial charge in [-0.3, -0.25) is 0 Å². The van der Waals surface area contributed by atoms with Gasteiger partial charge in [-0.25, -0.2) is 0 Å². The molecule has 0 N–H and O–H groups in total. The summed E-state index contributed by atoms with van der Waals surface area (Å²) in [5, 5.41) is 2.11. The summed E-state index contributed by atoms with van der Waals surface area (Å²) in [7, 11) is 0. The van der Waals surface area contributed by atoms with Gasteiger partial charge < -0.3 is 23.4 Å². The van der Waals surface area contributed by atoms with Crippen molar-refractivity contribution >= 4 is 21.9 Å². The van der Waals surface area contributed by atoms with Crippen molar-refractivity contribution in [1.82, 2.24) is 0 Å². The Labute approximate surface area is 291 Å². The molecule has 5 aromatic rings. The Balaban J connectivity index is 0.961. The lowest BCUT2D eigenvalue weighted by molar-refractivity contribution is 0.294. The van der Waals surface area contributed by atoms with Crippen molar-refractivity contribution in [2.24, 2.45) is 0 Å². The molecule has 0 aliphatic heterocycles. The summed E-state index contributed by atoms with van der Waals surface area (Å²) in [6, 6.07) is 27.7. The number of para-hydroxylation sites is 4. The normalized spacial score (nSPS) is 10.9. The first kappa shape index (κ1) is 35.3. The van der Waals surface area contributed by atoms with Gasteiger partial charge in [0.1, 0.15) is 11.5 Å². The Hall–Kier alpha value is -5.00. The third-order valence-corrected chi connectivity index (χ3v) is 8.64. The smallest absolute Gasteiger partial charge is 0.177 e. The Morgan fingerprint density at radius 2 is 0.714 bits per heavy atom. The van der Waals surface area contributed by atoms with Crippen LogP contribution in [0.15, 0.2) is 89.3 Å². The number of benzene rings is 4. The van der Waals surface area contributed by atoms with Crippen molar-refractivity contribution in [3.8, 4) is 47.7 Å². The third-order valence-electron chi connectivity index (χ3n) is 8.64. The largest absolute Gasteiger partial charge is 0.492 e. The lowest BCUT2D eigenvalue weighted by Gasteiger charge is -2.08. The van der Waals surface area contributed by atoms with E-state index in [0.29, 0.717) is 26.4 Å². The van der Waals surface area contributed by atoms with Crippen molar-refractivity contribution in [1.29, 1.82) is 0 Å². The Kier molecular flexibility index (Phi) is 14.2. The fourth-order valence-electron chi connectivity index (χ4n) is 5.97. The highest BCUT2D eigenvalue weighted by molar-refractivity contribution is 6.08. The molecule has 1 aromatic heterocycles. The van der Waals surface area contributed by atoms with Crippen LogP contribution in [0.5, 0.6) is 23.0 Å². The van der Waals surface area contributed by atoms with Crippen molar-refractivity contribution < 1.29 is 23.4 Å². The van der Waals surface area contributed by atoms with E-state index in [1.807, 2.05) is 72.8 Å². The van der Waals surface area contributed by atoms with Crippen LogP contribution in [-0.2, 0) is 0 Å². The monoisotopic (exact) mass is 656 g/mol. The molecule has 0 bridgehead atoms. The van der Waals surface area contributed by atoms with Gasteiger partial charge in [0, 0.05) is 10.8 Å². The van der Waals surface area contributed by atoms with Crippen molar-refractivity contribution in [2.45, 2.75) is 77.0 Å². The molecule has 1 heterocycles. The van der Waals surface area contributed by atoms with E-state index < -0.39 is 0 Å². The fraction of sp³-hybridized carbons (Fsp3) is 0.364. The molecule has 49 heavy (non-hydrogen) atoms. The molecule has 0 aliphatic rings. The van der Waals surface area contributed by atoms with Gasteiger partial charge in [0.25, 0.3) is 0 Å². The van der Waals surface area contributed by atoms with Crippen LogP contribution in [0.3, 0.4) is 0 Å². The maximum atomic E-state index is 6.38. The van der Waals surface area contributed by atoms with Crippen LogP contribution in [0.25, 0.3) is 21.9 Å². The maximum absolute atomic E-state index is 6.38. The minimum Gasteiger partial charge on any atom is -0.492 e. The average molecular weight is 657 g/mol. The standard InChI is InChI=1S/C44H48O5/c1-3-35-23-13-15-27-39(35)45-31-17-9-5-7-11-19-33-47-41-29-21-25-37-38-26-22-30-42(44(38)49-43(37)41)48-34-20-12-8-6-10-18-32-46-40-28-16-14-24-36(40)4-2/h1-2,13-16,21-30H,5-12,17-20,31-34H2. The van der Waals surface area contributed by atoms with E-state index in [4.69, 9.17) is 36.2 Å². The molecule has 0 aliphatic carbocycles. The van der Waals surface area contributed by atoms with E-state index in [-0.39, 0.29) is 0 Å². The SMILES string of the molecule is C#Cc1ccccc1OCCCCCCCCOc1cccc2c1oc1c(OCCCCCCCCOc3ccccc3C#C)cccc12.